The van der Waals surface area contributed by atoms with Crippen LogP contribution in [0.1, 0.15) is 123 Å². The van der Waals surface area contributed by atoms with Gasteiger partial charge in [0.1, 0.15) is 11.4 Å². The summed E-state index contributed by atoms with van der Waals surface area (Å²) in [7, 11) is 0. The SMILES string of the molecule is C=CCc1cc(C(C)(C)c2ccc(C(C)CC)c(C/C=C\C)c2)ccc1OC(=O)c1cccc(C(=O)OC(C)(C)CC)c1. The second kappa shape index (κ2) is 14.5. The zero-order chi connectivity index (χ0) is 31.8. The van der Waals surface area contributed by atoms with E-state index in [2.05, 4.69) is 77.6 Å². The summed E-state index contributed by atoms with van der Waals surface area (Å²) in [6.45, 7) is 20.6. The molecule has 0 N–H and O–H groups in total. The molecular formula is C39H48O4. The molecule has 0 amide bonds. The van der Waals surface area contributed by atoms with Gasteiger partial charge in [0.05, 0.1) is 11.1 Å². The van der Waals surface area contributed by atoms with Crippen LogP contribution in [0.2, 0.25) is 0 Å². The number of esters is 2. The molecule has 0 spiro atoms. The summed E-state index contributed by atoms with van der Waals surface area (Å²) in [4.78, 5) is 25.9. The lowest BCUT2D eigenvalue weighted by molar-refractivity contribution is -0.00244. The summed E-state index contributed by atoms with van der Waals surface area (Å²) in [5, 5.41) is 0. The van der Waals surface area contributed by atoms with Crippen LogP contribution in [-0.2, 0) is 23.0 Å². The fourth-order valence-electron chi connectivity index (χ4n) is 4.98. The summed E-state index contributed by atoms with van der Waals surface area (Å²) >= 11 is 0. The van der Waals surface area contributed by atoms with Crippen LogP contribution in [0.3, 0.4) is 0 Å². The Kier molecular flexibility index (Phi) is 11.3. The molecule has 4 heteroatoms. The molecule has 1 atom stereocenters. The smallest absolute Gasteiger partial charge is 0.343 e. The van der Waals surface area contributed by atoms with Gasteiger partial charge in [0.15, 0.2) is 0 Å². The number of ether oxygens (including phenoxy) is 2. The number of rotatable bonds is 13. The number of benzene rings is 3. The highest BCUT2D eigenvalue weighted by atomic mass is 16.6. The number of carbonyl (C=O) groups excluding carboxylic acids is 2. The molecule has 0 saturated carbocycles. The molecule has 0 bridgehead atoms. The van der Waals surface area contributed by atoms with Crippen molar-refractivity contribution in [3.8, 4) is 5.75 Å². The van der Waals surface area contributed by atoms with E-state index in [1.165, 1.54) is 22.8 Å². The predicted octanol–water partition coefficient (Wildman–Crippen LogP) is 9.94. The largest absolute Gasteiger partial charge is 0.456 e. The molecule has 43 heavy (non-hydrogen) atoms. The average Bonchev–Trinajstić information content (AvgIpc) is 3.00. The van der Waals surface area contributed by atoms with Gasteiger partial charge in [-0.25, -0.2) is 9.59 Å². The molecule has 0 aliphatic rings. The topological polar surface area (TPSA) is 52.6 Å². The van der Waals surface area contributed by atoms with E-state index >= 15 is 0 Å². The molecule has 0 aromatic heterocycles. The number of carbonyl (C=O) groups is 2. The maximum absolute atomic E-state index is 13.2. The van der Waals surface area contributed by atoms with Crippen molar-refractivity contribution in [3.05, 3.63) is 124 Å². The summed E-state index contributed by atoms with van der Waals surface area (Å²) in [6.07, 6.45) is 9.37. The van der Waals surface area contributed by atoms with Gasteiger partial charge < -0.3 is 9.47 Å². The normalized spacial score (nSPS) is 12.7. The zero-order valence-electron chi connectivity index (χ0n) is 27.3. The molecule has 4 nitrogen and oxygen atoms in total. The fourth-order valence-corrected chi connectivity index (χ4v) is 4.98. The highest BCUT2D eigenvalue weighted by molar-refractivity contribution is 5.96. The van der Waals surface area contributed by atoms with Gasteiger partial charge in [0, 0.05) is 5.41 Å². The van der Waals surface area contributed by atoms with Crippen LogP contribution in [0, 0.1) is 0 Å². The van der Waals surface area contributed by atoms with Crippen molar-refractivity contribution < 1.29 is 19.1 Å². The molecular weight excluding hydrogens is 532 g/mol. The molecule has 1 unspecified atom stereocenters. The van der Waals surface area contributed by atoms with Crippen LogP contribution in [0.15, 0.2) is 85.5 Å². The second-order valence-electron chi connectivity index (χ2n) is 12.4. The maximum Gasteiger partial charge on any atom is 0.343 e. The maximum atomic E-state index is 13.2. The first-order valence-corrected chi connectivity index (χ1v) is 15.4. The van der Waals surface area contributed by atoms with Crippen LogP contribution in [0.25, 0.3) is 0 Å². The Morgan fingerprint density at radius 3 is 2.09 bits per heavy atom. The first-order valence-electron chi connectivity index (χ1n) is 15.4. The molecule has 228 valence electrons. The third-order valence-corrected chi connectivity index (χ3v) is 8.48. The molecule has 0 fully saturated rings. The van der Waals surface area contributed by atoms with Crippen molar-refractivity contribution in [2.45, 2.75) is 98.0 Å². The van der Waals surface area contributed by atoms with Gasteiger partial charge in [-0.05, 0) is 104 Å². The van der Waals surface area contributed by atoms with Crippen molar-refractivity contribution in [2.24, 2.45) is 0 Å². The average molecular weight is 581 g/mol. The molecule has 0 aliphatic carbocycles. The minimum Gasteiger partial charge on any atom is -0.456 e. The van der Waals surface area contributed by atoms with E-state index in [9.17, 15) is 9.59 Å². The Bertz CT molecular complexity index is 1470. The van der Waals surface area contributed by atoms with E-state index in [-0.39, 0.29) is 11.0 Å². The number of hydrogen-bond acceptors (Lipinski definition) is 4. The minimum absolute atomic E-state index is 0.280. The Balaban J connectivity index is 1.92. The highest BCUT2D eigenvalue weighted by Crippen LogP contribution is 2.37. The standard InChI is InChI=1S/C39H48O4/c1-10-14-17-28-25-32(20-22-34(28)27(5)12-3)39(8,9)33-21-23-35(29(26-33)16-11-2)42-36(40)30-18-15-19-31(24-30)37(41)43-38(6,7)13-4/h10-11,14-15,18-27H,2,12-13,16-17H2,1,3-9H3/b14-10-. The van der Waals surface area contributed by atoms with Crippen LogP contribution in [0.5, 0.6) is 5.75 Å². The Morgan fingerprint density at radius 2 is 1.49 bits per heavy atom. The fraction of sp³-hybridized carbons (Fsp3) is 0.385. The summed E-state index contributed by atoms with van der Waals surface area (Å²) in [5.74, 6) is -0.0204. The summed E-state index contributed by atoms with van der Waals surface area (Å²) < 4.78 is 11.5. The zero-order valence-corrected chi connectivity index (χ0v) is 27.3. The second-order valence-corrected chi connectivity index (χ2v) is 12.4. The molecule has 0 aliphatic heterocycles. The molecule has 3 rings (SSSR count). The van der Waals surface area contributed by atoms with Crippen molar-refractivity contribution in [1.29, 1.82) is 0 Å². The molecule has 0 saturated heterocycles. The molecule has 0 heterocycles. The minimum atomic E-state index is -0.590. The third-order valence-electron chi connectivity index (χ3n) is 8.48. The third kappa shape index (κ3) is 8.34. The lowest BCUT2D eigenvalue weighted by atomic mass is 9.75. The Labute approximate surface area is 258 Å². The van der Waals surface area contributed by atoms with Crippen LogP contribution < -0.4 is 4.74 Å². The van der Waals surface area contributed by atoms with Crippen LogP contribution in [0.4, 0.5) is 0 Å². The van der Waals surface area contributed by atoms with Gasteiger partial charge in [-0.1, -0.05) is 89.2 Å². The van der Waals surface area contributed by atoms with Crippen molar-refractivity contribution in [2.75, 3.05) is 0 Å². The van der Waals surface area contributed by atoms with E-state index in [1.807, 2.05) is 39.0 Å². The van der Waals surface area contributed by atoms with Crippen molar-refractivity contribution >= 4 is 11.9 Å². The van der Waals surface area contributed by atoms with Gasteiger partial charge in [0.2, 0.25) is 0 Å². The van der Waals surface area contributed by atoms with Crippen molar-refractivity contribution in [3.63, 3.8) is 0 Å². The van der Waals surface area contributed by atoms with Gasteiger partial charge >= 0.3 is 11.9 Å². The number of allylic oxidation sites excluding steroid dienone is 3. The first kappa shape index (κ1) is 33.6. The van der Waals surface area contributed by atoms with E-state index < -0.39 is 17.5 Å². The summed E-state index contributed by atoms with van der Waals surface area (Å²) in [5.41, 5.74) is 5.73. The van der Waals surface area contributed by atoms with E-state index in [1.54, 1.807) is 18.2 Å². The lowest BCUT2D eigenvalue weighted by Gasteiger charge is -2.29. The molecule has 0 radical (unpaired) electrons. The Morgan fingerprint density at radius 1 is 0.860 bits per heavy atom. The predicted molar refractivity (Wildman–Crippen MR) is 177 cm³/mol. The lowest BCUT2D eigenvalue weighted by Crippen LogP contribution is -2.27. The summed E-state index contributed by atoms with van der Waals surface area (Å²) in [6, 6.07) is 19.4. The van der Waals surface area contributed by atoms with E-state index in [0.29, 0.717) is 30.1 Å². The van der Waals surface area contributed by atoms with E-state index in [0.717, 1.165) is 24.0 Å². The number of hydrogen-bond donors (Lipinski definition) is 0. The van der Waals surface area contributed by atoms with Gasteiger partial charge in [0.25, 0.3) is 0 Å². The van der Waals surface area contributed by atoms with Crippen LogP contribution in [-0.4, -0.2) is 17.5 Å². The Hall–Kier alpha value is -3.92. The van der Waals surface area contributed by atoms with Gasteiger partial charge in [-0.3, -0.25) is 0 Å². The highest BCUT2D eigenvalue weighted by Gasteiger charge is 2.26. The van der Waals surface area contributed by atoms with E-state index in [4.69, 9.17) is 9.47 Å². The first-order chi connectivity index (χ1) is 20.4. The molecule has 3 aromatic carbocycles. The molecule has 3 aromatic rings. The quantitative estimate of drug-likeness (QED) is 0.115. The van der Waals surface area contributed by atoms with Crippen molar-refractivity contribution in [1.82, 2.24) is 0 Å². The van der Waals surface area contributed by atoms with Crippen LogP contribution >= 0.6 is 0 Å². The monoisotopic (exact) mass is 580 g/mol. The van der Waals surface area contributed by atoms with Gasteiger partial charge in [-0.15, -0.1) is 6.58 Å². The van der Waals surface area contributed by atoms with Gasteiger partial charge in [-0.2, -0.15) is 0 Å².